The highest BCUT2D eigenvalue weighted by Gasteiger charge is 2.30. The molecule has 0 unspecified atom stereocenters. The van der Waals surface area contributed by atoms with Gasteiger partial charge in [-0.1, -0.05) is 11.6 Å². The average Bonchev–Trinajstić information content (AvgIpc) is 3.49. The van der Waals surface area contributed by atoms with E-state index in [1.807, 2.05) is 5.32 Å². The lowest BCUT2D eigenvalue weighted by Crippen LogP contribution is -2.22. The van der Waals surface area contributed by atoms with Crippen LogP contribution >= 0.6 is 11.6 Å². The third-order valence-corrected chi connectivity index (χ3v) is 4.67. The zero-order valence-corrected chi connectivity index (χ0v) is 15.9. The lowest BCUT2D eigenvalue weighted by atomic mass is 10.2. The van der Waals surface area contributed by atoms with Crippen LogP contribution in [0.4, 0.5) is 17.5 Å². The maximum Gasteiger partial charge on any atom is 0.256 e. The van der Waals surface area contributed by atoms with E-state index in [9.17, 15) is 9.59 Å². The minimum absolute atomic E-state index is 0.0312. The van der Waals surface area contributed by atoms with Gasteiger partial charge < -0.3 is 15.4 Å². The Hall–Kier alpha value is -3.40. The number of halogens is 1. The van der Waals surface area contributed by atoms with Crippen LogP contribution in [-0.4, -0.2) is 45.5 Å². The first kappa shape index (κ1) is 15.5. The molecule has 0 atom stereocenters. The maximum atomic E-state index is 12.6. The van der Waals surface area contributed by atoms with Crippen molar-refractivity contribution >= 4 is 46.4 Å². The van der Waals surface area contributed by atoms with Crippen molar-refractivity contribution in [1.29, 1.82) is 0 Å². The number of nitrogens with one attached hydrogen (secondary N) is 3. The third kappa shape index (κ3) is 3.66. The fourth-order valence-electron chi connectivity index (χ4n) is 2.77. The highest BCUT2D eigenvalue weighted by molar-refractivity contribution is 6.32. The van der Waals surface area contributed by atoms with Crippen LogP contribution in [-0.2, 0) is 4.79 Å². The van der Waals surface area contributed by atoms with Crippen molar-refractivity contribution in [3.8, 4) is 5.75 Å². The first-order valence-electron chi connectivity index (χ1n) is 10.1. The van der Waals surface area contributed by atoms with E-state index in [2.05, 4.69) is 25.7 Å². The van der Waals surface area contributed by atoms with Gasteiger partial charge in [0.05, 0.1) is 24.0 Å². The number of methoxy groups -OCH3 is 1. The Morgan fingerprint density at radius 1 is 1.38 bits per heavy atom. The molecule has 11 heteroatoms. The Morgan fingerprint density at radius 2 is 2.21 bits per heavy atom. The number of hydrogen-bond acceptors (Lipinski definition) is 7. The summed E-state index contributed by atoms with van der Waals surface area (Å²) < 4.78 is 28.7. The topological polar surface area (TPSA) is 123 Å². The van der Waals surface area contributed by atoms with E-state index < -0.39 is 12.9 Å². The van der Waals surface area contributed by atoms with E-state index in [4.69, 9.17) is 20.5 Å². The zero-order valence-electron chi connectivity index (χ0n) is 18.2. The van der Waals surface area contributed by atoms with Gasteiger partial charge in [-0.3, -0.25) is 14.9 Å². The summed E-state index contributed by atoms with van der Waals surface area (Å²) in [5.74, 6) is -0.964. The van der Waals surface area contributed by atoms with Gasteiger partial charge in [-0.2, -0.15) is 10.1 Å². The van der Waals surface area contributed by atoms with Crippen LogP contribution in [0.3, 0.4) is 0 Å². The molecule has 1 aliphatic rings. The van der Waals surface area contributed by atoms with E-state index >= 15 is 0 Å². The number of ether oxygens (including phenoxy) is 1. The molecule has 150 valence electrons. The number of anilines is 3. The van der Waals surface area contributed by atoms with Crippen molar-refractivity contribution in [3.63, 3.8) is 0 Å². The molecule has 0 aliphatic heterocycles. The number of nitrogens with zero attached hydrogens (tertiary/aromatic N) is 4. The monoisotopic (exact) mass is 418 g/mol. The van der Waals surface area contributed by atoms with Gasteiger partial charge in [-0.05, 0) is 18.9 Å². The summed E-state index contributed by atoms with van der Waals surface area (Å²) >= 11 is 6.21. The van der Waals surface area contributed by atoms with Crippen molar-refractivity contribution in [2.24, 2.45) is 5.92 Å². The number of aromatic nitrogens is 4. The summed E-state index contributed by atoms with van der Waals surface area (Å²) in [5.41, 5.74) is 0.695. The number of carbonyl (C=O) groups is 2. The van der Waals surface area contributed by atoms with E-state index in [1.165, 1.54) is 17.8 Å². The van der Waals surface area contributed by atoms with Crippen LogP contribution in [0.15, 0.2) is 24.7 Å². The van der Waals surface area contributed by atoms with E-state index in [1.54, 1.807) is 12.3 Å². The molecule has 29 heavy (non-hydrogen) atoms. The molecule has 3 aromatic rings. The van der Waals surface area contributed by atoms with Crippen LogP contribution in [0.5, 0.6) is 5.75 Å². The van der Waals surface area contributed by atoms with Crippen molar-refractivity contribution in [1.82, 2.24) is 24.9 Å². The second-order valence-corrected chi connectivity index (χ2v) is 6.75. The van der Waals surface area contributed by atoms with Crippen LogP contribution < -0.4 is 20.7 Å². The molecule has 3 aromatic heterocycles. The first-order valence-corrected chi connectivity index (χ1v) is 9.01. The van der Waals surface area contributed by atoms with Gasteiger partial charge in [0.1, 0.15) is 16.9 Å². The Morgan fingerprint density at radius 3 is 2.93 bits per heavy atom. The number of amides is 2. The summed E-state index contributed by atoms with van der Waals surface area (Å²) in [6.45, 7) is -2.71. The van der Waals surface area contributed by atoms with Gasteiger partial charge in [0.15, 0.2) is 5.75 Å². The van der Waals surface area contributed by atoms with E-state index in [0.29, 0.717) is 22.0 Å². The Kier molecular flexibility index (Phi) is 4.04. The van der Waals surface area contributed by atoms with E-state index in [-0.39, 0.29) is 29.2 Å². The van der Waals surface area contributed by atoms with Crippen LogP contribution in [0.1, 0.15) is 27.3 Å². The highest BCUT2D eigenvalue weighted by atomic mass is 35.5. The molecule has 10 nitrogen and oxygen atoms in total. The maximum absolute atomic E-state index is 12.6. The smallest absolute Gasteiger partial charge is 0.256 e. The van der Waals surface area contributed by atoms with Crippen molar-refractivity contribution < 1.29 is 18.4 Å². The Bertz CT molecular complexity index is 1210. The van der Waals surface area contributed by atoms with Crippen molar-refractivity contribution in [2.75, 3.05) is 24.7 Å². The summed E-state index contributed by atoms with van der Waals surface area (Å²) in [7, 11) is 1.45. The fraction of sp³-hybridized carbons (Fsp3) is 0.278. The molecule has 1 fully saturated rings. The van der Waals surface area contributed by atoms with Crippen LogP contribution in [0.25, 0.3) is 5.52 Å². The molecule has 0 saturated heterocycles. The van der Waals surface area contributed by atoms with Gasteiger partial charge in [-0.25, -0.2) is 9.50 Å². The lowest BCUT2D eigenvalue weighted by molar-refractivity contribution is -0.117. The largest absolute Gasteiger partial charge is 0.493 e. The second-order valence-electron chi connectivity index (χ2n) is 6.35. The number of hydrogen-bond donors (Lipinski definition) is 3. The molecule has 3 heterocycles. The molecule has 0 radical (unpaired) electrons. The third-order valence-electron chi connectivity index (χ3n) is 4.38. The van der Waals surface area contributed by atoms with Gasteiger partial charge in [0.25, 0.3) is 5.91 Å². The number of fused-ring (bicyclic) bond motifs is 1. The minimum atomic E-state index is -2.71. The zero-order chi connectivity index (χ0) is 23.0. The quantitative estimate of drug-likeness (QED) is 0.561. The van der Waals surface area contributed by atoms with Crippen molar-refractivity contribution in [3.05, 3.63) is 35.2 Å². The standard InChI is InChI=1S/C18H18ClN7O3/c1-20-17(28)10-7-21-18(25-16(27)9-3-4-9)24-15(10)23-12-8-22-26-6-5-11(19)14(29-2)13(12)26/h5-9H,3-4H2,1-2H3,(H,20,28)(H2,21,23,24,25,27)/i1D3. The molecular formula is C18H18ClN7O3. The Labute approximate surface area is 174 Å². The summed E-state index contributed by atoms with van der Waals surface area (Å²) in [6, 6.07) is 1.61. The molecule has 1 aliphatic carbocycles. The number of pyridine rings is 1. The van der Waals surface area contributed by atoms with Gasteiger partial charge in [-0.15, -0.1) is 0 Å². The lowest BCUT2D eigenvalue weighted by Gasteiger charge is -2.12. The summed E-state index contributed by atoms with van der Waals surface area (Å²) in [4.78, 5) is 32.9. The fourth-order valence-corrected chi connectivity index (χ4v) is 2.99. The summed E-state index contributed by atoms with van der Waals surface area (Å²) in [6.07, 6.45) is 5.80. The van der Waals surface area contributed by atoms with E-state index in [0.717, 1.165) is 19.0 Å². The molecule has 4 rings (SSSR count). The molecule has 0 spiro atoms. The van der Waals surface area contributed by atoms with Crippen LogP contribution in [0, 0.1) is 5.92 Å². The van der Waals surface area contributed by atoms with Gasteiger partial charge in [0.2, 0.25) is 11.9 Å². The summed E-state index contributed by atoms with van der Waals surface area (Å²) in [5, 5.41) is 12.0. The molecule has 2 amide bonds. The second kappa shape index (κ2) is 7.55. The SMILES string of the molecule is [2H]C([2H])([2H])NC(=O)c1cnc(NC(=O)C2CC2)nc1Nc1cnn2ccc(Cl)c(OC)c12. The van der Waals surface area contributed by atoms with Crippen LogP contribution in [0.2, 0.25) is 5.02 Å². The molecule has 0 bridgehead atoms. The normalized spacial score (nSPS) is 15.2. The van der Waals surface area contributed by atoms with Gasteiger partial charge in [0, 0.05) is 29.4 Å². The molecule has 3 N–H and O–H groups in total. The number of carbonyl (C=O) groups excluding carboxylic acids is 2. The molecule has 0 aromatic carbocycles. The predicted molar refractivity (Wildman–Crippen MR) is 107 cm³/mol. The highest BCUT2D eigenvalue weighted by Crippen LogP contribution is 2.35. The molecule has 1 saturated carbocycles. The van der Waals surface area contributed by atoms with Gasteiger partial charge >= 0.3 is 0 Å². The minimum Gasteiger partial charge on any atom is -0.493 e. The Balaban J connectivity index is 1.74. The van der Waals surface area contributed by atoms with Crippen molar-refractivity contribution in [2.45, 2.75) is 12.8 Å². The average molecular weight is 419 g/mol. The molecular weight excluding hydrogens is 398 g/mol. The first-order chi connectivity index (χ1) is 15.2. The predicted octanol–water partition coefficient (Wildman–Crippen LogP) is 2.24. The number of rotatable bonds is 6.